The summed E-state index contributed by atoms with van der Waals surface area (Å²) < 4.78 is 67.4. The van der Waals surface area contributed by atoms with Crippen molar-refractivity contribution in [2.45, 2.75) is 55.4 Å². The molecule has 2 N–H and O–H groups in total. The van der Waals surface area contributed by atoms with Crippen LogP contribution in [0, 0.1) is 11.8 Å². The summed E-state index contributed by atoms with van der Waals surface area (Å²) in [5, 5.41) is 0. The maximum Gasteiger partial charge on any atom is 0.276 e. The van der Waals surface area contributed by atoms with Gasteiger partial charge in [0.1, 0.15) is 9.49 Å². The Hall–Kier alpha value is -1.22. The van der Waals surface area contributed by atoms with Gasteiger partial charge < -0.3 is 0 Å². The first-order chi connectivity index (χ1) is 12.4. The van der Waals surface area contributed by atoms with Gasteiger partial charge >= 0.3 is 0 Å². The monoisotopic (exact) mass is 410 g/mol. The Bertz CT molecular complexity index is 1160. The zero-order valence-corrected chi connectivity index (χ0v) is 17.0. The van der Waals surface area contributed by atoms with Crippen LogP contribution in [0.2, 0.25) is 0 Å². The average molecular weight is 411 g/mol. The van der Waals surface area contributed by atoms with E-state index in [4.69, 9.17) is 0 Å². The molecule has 0 spiro atoms. The molecule has 0 radical (unpaired) electrons. The molecule has 0 aliphatic heterocycles. The Kier molecular flexibility index (Phi) is 3.09. The second-order valence-corrected chi connectivity index (χ2v) is 12.0. The Morgan fingerprint density at radius 2 is 1.63 bits per heavy atom. The van der Waals surface area contributed by atoms with Crippen molar-refractivity contribution >= 4 is 25.8 Å². The predicted molar refractivity (Wildman–Crippen MR) is 101 cm³/mol. The van der Waals surface area contributed by atoms with E-state index in [0.717, 1.165) is 28.7 Å². The zero-order chi connectivity index (χ0) is 19.7. The third-order valence-corrected chi connectivity index (χ3v) is 11.1. The Labute approximate surface area is 159 Å². The van der Waals surface area contributed by atoms with Gasteiger partial charge in [-0.25, -0.2) is 0 Å². The molecule has 1 fully saturated rings. The number of fused-ring (bicyclic) bond motifs is 7. The van der Waals surface area contributed by atoms with E-state index >= 15 is 0 Å². The lowest BCUT2D eigenvalue weighted by Gasteiger charge is -2.66. The average Bonchev–Trinajstić information content (AvgIpc) is 2.49. The minimum atomic E-state index is -4.81. The summed E-state index contributed by atoms with van der Waals surface area (Å²) in [6, 6.07) is 3.51. The molecule has 0 bridgehead atoms. The van der Waals surface area contributed by atoms with Gasteiger partial charge in [-0.3, -0.25) is 9.11 Å². The highest BCUT2D eigenvalue weighted by Crippen LogP contribution is 2.73. The normalized spacial score (nSPS) is 39.2. The van der Waals surface area contributed by atoms with Crippen LogP contribution in [0.1, 0.15) is 61.8 Å². The molecule has 0 aromatic heterocycles. The maximum absolute atomic E-state index is 12.7. The number of allylic oxidation sites excluding steroid dienone is 1. The van der Waals surface area contributed by atoms with Gasteiger partial charge in [0, 0.05) is 0 Å². The van der Waals surface area contributed by atoms with E-state index in [9.17, 15) is 25.9 Å². The lowest BCUT2D eigenvalue weighted by atomic mass is 9.47. The molecule has 4 aliphatic rings. The lowest BCUT2D eigenvalue weighted by Crippen LogP contribution is -2.76. The van der Waals surface area contributed by atoms with Crippen molar-refractivity contribution in [3.05, 3.63) is 40.0 Å². The highest BCUT2D eigenvalue weighted by molar-refractivity contribution is 7.91. The molecular weight excluding hydrogens is 388 g/mol. The SMILES string of the molecule is CC1CC2=C1c1c(ccc3c1CC3C)C1(S(=O)(=O)O)CC(C)C21S(=O)(=O)O. The second-order valence-electron chi connectivity index (χ2n) is 8.78. The number of benzene rings is 1. The Morgan fingerprint density at radius 1 is 0.963 bits per heavy atom. The van der Waals surface area contributed by atoms with Crippen LogP contribution >= 0.6 is 0 Å². The fourth-order valence-electron chi connectivity index (χ4n) is 6.61. The molecule has 4 aliphatic carbocycles. The van der Waals surface area contributed by atoms with Gasteiger partial charge in [0.25, 0.3) is 20.2 Å². The molecule has 5 atom stereocenters. The number of rotatable bonds is 2. The molecular formula is C19H22O6S2. The minimum absolute atomic E-state index is 0.0296. The van der Waals surface area contributed by atoms with Gasteiger partial charge in [0.2, 0.25) is 0 Å². The van der Waals surface area contributed by atoms with Crippen molar-refractivity contribution < 1.29 is 25.9 Å². The third-order valence-electron chi connectivity index (χ3n) is 7.61. The van der Waals surface area contributed by atoms with Crippen molar-refractivity contribution in [2.24, 2.45) is 11.8 Å². The van der Waals surface area contributed by atoms with E-state index < -0.39 is 35.6 Å². The van der Waals surface area contributed by atoms with Crippen LogP contribution in [0.4, 0.5) is 0 Å². The van der Waals surface area contributed by atoms with Crippen LogP contribution in [0.3, 0.4) is 0 Å². The third kappa shape index (κ3) is 1.60. The Balaban J connectivity index is 1.99. The molecule has 0 heterocycles. The van der Waals surface area contributed by atoms with Crippen molar-refractivity contribution in [3.63, 3.8) is 0 Å². The van der Waals surface area contributed by atoms with Crippen molar-refractivity contribution in [1.82, 2.24) is 0 Å². The smallest absolute Gasteiger partial charge is 0.276 e. The van der Waals surface area contributed by atoms with Crippen molar-refractivity contribution in [3.8, 4) is 0 Å². The van der Waals surface area contributed by atoms with Crippen LogP contribution in [-0.4, -0.2) is 30.7 Å². The van der Waals surface area contributed by atoms with Crippen LogP contribution in [-0.2, 0) is 31.4 Å². The summed E-state index contributed by atoms with van der Waals surface area (Å²) in [7, 11) is -9.60. The molecule has 5 unspecified atom stereocenters. The fraction of sp³-hybridized carbons (Fsp3) is 0.579. The highest BCUT2D eigenvalue weighted by Gasteiger charge is 2.81. The van der Waals surface area contributed by atoms with Gasteiger partial charge in [0.05, 0.1) is 0 Å². The molecule has 5 rings (SSSR count). The first-order valence-electron chi connectivity index (χ1n) is 9.23. The first-order valence-corrected chi connectivity index (χ1v) is 12.1. The van der Waals surface area contributed by atoms with Crippen LogP contribution in [0.25, 0.3) is 5.57 Å². The summed E-state index contributed by atoms with van der Waals surface area (Å²) in [5.41, 5.74) is 4.70. The summed E-state index contributed by atoms with van der Waals surface area (Å²) in [4.78, 5) is 0. The second kappa shape index (κ2) is 4.67. The standard InChI is InChI=1S/C19H22O6S2/c1-9-6-13-12(9)4-5-14-17(13)16-10(2)7-15(16)19(27(23,24)25)11(3)8-18(14,19)26(20,21)22/h4-5,9-11H,6-8H2,1-3H3,(H,20,21,22)(H,23,24,25). The molecule has 1 aromatic rings. The fourth-order valence-corrected chi connectivity index (χ4v) is 10.6. The van der Waals surface area contributed by atoms with E-state index in [2.05, 4.69) is 6.92 Å². The lowest BCUT2D eigenvalue weighted by molar-refractivity contribution is 0.133. The van der Waals surface area contributed by atoms with Gasteiger partial charge in [-0.05, 0) is 70.4 Å². The molecule has 0 saturated heterocycles. The summed E-state index contributed by atoms with van der Waals surface area (Å²) >= 11 is 0. The van der Waals surface area contributed by atoms with Gasteiger partial charge in [-0.2, -0.15) is 16.8 Å². The predicted octanol–water partition coefficient (Wildman–Crippen LogP) is 2.90. The van der Waals surface area contributed by atoms with E-state index in [1.54, 1.807) is 13.0 Å². The van der Waals surface area contributed by atoms with Gasteiger partial charge in [-0.15, -0.1) is 0 Å². The summed E-state index contributed by atoms with van der Waals surface area (Å²) in [6.07, 6.45) is 1.19. The van der Waals surface area contributed by atoms with E-state index in [-0.39, 0.29) is 12.3 Å². The van der Waals surface area contributed by atoms with Crippen LogP contribution < -0.4 is 0 Å². The first kappa shape index (κ1) is 17.8. The molecule has 0 amide bonds. The van der Waals surface area contributed by atoms with Crippen molar-refractivity contribution in [2.75, 3.05) is 0 Å². The molecule has 146 valence electrons. The molecule has 8 heteroatoms. The minimum Gasteiger partial charge on any atom is -0.285 e. The van der Waals surface area contributed by atoms with E-state index in [1.165, 1.54) is 0 Å². The maximum atomic E-state index is 12.7. The number of hydrogen-bond donors (Lipinski definition) is 2. The van der Waals surface area contributed by atoms with E-state index in [0.29, 0.717) is 23.5 Å². The summed E-state index contributed by atoms with van der Waals surface area (Å²) in [6.45, 7) is 5.73. The topological polar surface area (TPSA) is 109 Å². The largest absolute Gasteiger partial charge is 0.285 e. The van der Waals surface area contributed by atoms with Gasteiger partial charge in [0.15, 0.2) is 0 Å². The zero-order valence-electron chi connectivity index (χ0n) is 15.4. The van der Waals surface area contributed by atoms with Crippen LogP contribution in [0.15, 0.2) is 17.7 Å². The molecule has 6 nitrogen and oxygen atoms in total. The summed E-state index contributed by atoms with van der Waals surface area (Å²) in [5.74, 6) is -0.142. The molecule has 27 heavy (non-hydrogen) atoms. The quantitative estimate of drug-likeness (QED) is 0.726. The van der Waals surface area contributed by atoms with Crippen molar-refractivity contribution in [1.29, 1.82) is 0 Å². The Morgan fingerprint density at radius 3 is 2.11 bits per heavy atom. The van der Waals surface area contributed by atoms with Gasteiger partial charge in [-0.1, -0.05) is 32.9 Å². The highest BCUT2D eigenvalue weighted by atomic mass is 32.2. The molecule has 1 aromatic carbocycles. The van der Waals surface area contributed by atoms with Crippen LogP contribution in [0.5, 0.6) is 0 Å². The molecule has 1 saturated carbocycles. The van der Waals surface area contributed by atoms with E-state index in [1.807, 2.05) is 13.0 Å². The number of hydrogen-bond acceptors (Lipinski definition) is 4.